The lowest BCUT2D eigenvalue weighted by Crippen LogP contribution is -2.11. The highest BCUT2D eigenvalue weighted by Gasteiger charge is 2.26. The van der Waals surface area contributed by atoms with Gasteiger partial charge in [0.1, 0.15) is 11.2 Å². The van der Waals surface area contributed by atoms with E-state index in [0.717, 1.165) is 49.9 Å². The molecule has 0 spiro atoms. The zero-order valence-electron chi connectivity index (χ0n) is 18.6. The van der Waals surface area contributed by atoms with E-state index in [4.69, 9.17) is 10.8 Å². The van der Waals surface area contributed by atoms with Crippen LogP contribution in [0.3, 0.4) is 0 Å². The molecule has 0 aliphatic carbocycles. The highest BCUT2D eigenvalue weighted by molar-refractivity contribution is 6.30. The Morgan fingerprint density at radius 1 is 0.867 bits per heavy atom. The minimum absolute atomic E-state index is 0.0506. The van der Waals surface area contributed by atoms with Crippen LogP contribution in [0.25, 0.3) is 32.7 Å². The molecule has 0 amide bonds. The summed E-state index contributed by atoms with van der Waals surface area (Å²) in [6.45, 7) is 8.71. The molecule has 0 saturated carbocycles. The van der Waals surface area contributed by atoms with Crippen LogP contribution in [0, 0.1) is 6.92 Å². The predicted molar refractivity (Wildman–Crippen MR) is 126 cm³/mol. The third-order valence-corrected chi connectivity index (χ3v) is 6.11. The number of hydrogen-bond acceptors (Lipinski definition) is 2. The molecule has 1 aliphatic rings. The van der Waals surface area contributed by atoms with Gasteiger partial charge >= 0.3 is 0 Å². The van der Waals surface area contributed by atoms with Gasteiger partial charge in [-0.3, -0.25) is 0 Å². The maximum absolute atomic E-state index is 8.72. The SMILES string of the molecule is [2H]c1cc(C(C)(C)C)c2cccc3c2c1N=C3c1cc(C)cc2c1oc1ccccc12. The fourth-order valence-electron chi connectivity index (χ4n) is 4.75. The molecule has 2 nitrogen and oxygen atoms in total. The van der Waals surface area contributed by atoms with Gasteiger partial charge in [0, 0.05) is 27.3 Å². The standard InChI is InChI=1S/C28H23NO/c1-16-14-20-17-8-5-6-11-24(17)30-27(20)21(15-16)26-19-10-7-9-18-22(28(2,3)4)12-13-23(29-26)25(18)19/h5-15H,1-4H3/i13D. The molecule has 0 saturated heterocycles. The molecule has 0 N–H and O–H groups in total. The highest BCUT2D eigenvalue weighted by atomic mass is 16.3. The van der Waals surface area contributed by atoms with Crippen LogP contribution in [0.15, 0.2) is 76.1 Å². The molecule has 30 heavy (non-hydrogen) atoms. The summed E-state index contributed by atoms with van der Waals surface area (Å²) < 4.78 is 15.0. The van der Waals surface area contributed by atoms with Gasteiger partial charge in [-0.25, -0.2) is 4.99 Å². The van der Waals surface area contributed by atoms with E-state index in [2.05, 4.69) is 64.1 Å². The molecule has 0 atom stereocenters. The van der Waals surface area contributed by atoms with Crippen molar-refractivity contribution in [1.82, 2.24) is 0 Å². The van der Waals surface area contributed by atoms with Crippen LogP contribution in [-0.4, -0.2) is 5.71 Å². The molecule has 2 heterocycles. The molecule has 0 unspecified atom stereocenters. The number of furan rings is 1. The van der Waals surface area contributed by atoms with Crippen molar-refractivity contribution in [3.05, 3.63) is 89.0 Å². The molecular formula is C28H23NO. The number of para-hydroxylation sites is 1. The number of aliphatic imine (C=N–C) groups is 1. The third-order valence-electron chi connectivity index (χ3n) is 6.11. The second kappa shape index (κ2) is 5.82. The summed E-state index contributed by atoms with van der Waals surface area (Å²) in [7, 11) is 0. The van der Waals surface area contributed by atoms with Crippen LogP contribution < -0.4 is 0 Å². The fourth-order valence-corrected chi connectivity index (χ4v) is 4.75. The molecule has 5 aromatic rings. The Labute approximate surface area is 177 Å². The van der Waals surface area contributed by atoms with E-state index in [1.807, 2.05) is 24.3 Å². The Balaban J connectivity index is 1.70. The monoisotopic (exact) mass is 390 g/mol. The van der Waals surface area contributed by atoms with Crippen molar-refractivity contribution in [2.75, 3.05) is 0 Å². The maximum atomic E-state index is 8.72. The molecule has 1 aliphatic heterocycles. The summed E-state index contributed by atoms with van der Waals surface area (Å²) in [6, 6.07) is 21.4. The van der Waals surface area contributed by atoms with Crippen LogP contribution in [0.2, 0.25) is 0 Å². The second-order valence-electron chi connectivity index (χ2n) is 9.28. The third kappa shape index (κ3) is 2.34. The van der Waals surface area contributed by atoms with Crippen molar-refractivity contribution in [2.45, 2.75) is 33.1 Å². The summed E-state index contributed by atoms with van der Waals surface area (Å²) in [4.78, 5) is 5.02. The molecule has 0 bridgehead atoms. The van der Waals surface area contributed by atoms with Crippen molar-refractivity contribution in [3.63, 3.8) is 0 Å². The first-order valence-corrected chi connectivity index (χ1v) is 10.4. The molecule has 6 rings (SSSR count). The van der Waals surface area contributed by atoms with Gasteiger partial charge in [0.05, 0.1) is 12.8 Å². The zero-order valence-corrected chi connectivity index (χ0v) is 17.6. The van der Waals surface area contributed by atoms with Gasteiger partial charge in [-0.05, 0) is 53.1 Å². The summed E-state index contributed by atoms with van der Waals surface area (Å²) in [5.41, 5.74) is 7.78. The Bertz CT molecular complexity index is 1580. The number of aryl methyl sites for hydroxylation is 1. The second-order valence-corrected chi connectivity index (χ2v) is 9.28. The van der Waals surface area contributed by atoms with Crippen molar-refractivity contribution >= 4 is 44.1 Å². The summed E-state index contributed by atoms with van der Waals surface area (Å²) >= 11 is 0. The summed E-state index contributed by atoms with van der Waals surface area (Å²) in [6.07, 6.45) is 0. The lowest BCUT2D eigenvalue weighted by atomic mass is 9.82. The number of hydrogen-bond donors (Lipinski definition) is 0. The van der Waals surface area contributed by atoms with Crippen molar-refractivity contribution < 1.29 is 5.79 Å². The average Bonchev–Trinajstić information content (AvgIpc) is 3.29. The van der Waals surface area contributed by atoms with Gasteiger partial charge in [-0.15, -0.1) is 0 Å². The summed E-state index contributed by atoms with van der Waals surface area (Å²) in [5, 5.41) is 4.50. The van der Waals surface area contributed by atoms with Gasteiger partial charge in [0.15, 0.2) is 0 Å². The van der Waals surface area contributed by atoms with Gasteiger partial charge in [0.2, 0.25) is 0 Å². The van der Waals surface area contributed by atoms with E-state index in [-0.39, 0.29) is 5.41 Å². The first-order chi connectivity index (χ1) is 14.8. The highest BCUT2D eigenvalue weighted by Crippen LogP contribution is 2.43. The van der Waals surface area contributed by atoms with E-state index in [0.29, 0.717) is 6.04 Å². The molecule has 146 valence electrons. The van der Waals surface area contributed by atoms with E-state index in [1.54, 1.807) is 0 Å². The minimum atomic E-state index is -0.0506. The number of rotatable bonds is 1. The molecular weight excluding hydrogens is 366 g/mol. The topological polar surface area (TPSA) is 25.5 Å². The van der Waals surface area contributed by atoms with Gasteiger partial charge < -0.3 is 4.42 Å². The fraction of sp³-hybridized carbons (Fsp3) is 0.179. The van der Waals surface area contributed by atoms with Crippen LogP contribution >= 0.6 is 0 Å². The largest absolute Gasteiger partial charge is 0.455 e. The molecule has 4 aromatic carbocycles. The van der Waals surface area contributed by atoms with Crippen LogP contribution in [-0.2, 0) is 5.41 Å². The van der Waals surface area contributed by atoms with Crippen molar-refractivity contribution in [3.8, 4) is 0 Å². The normalized spacial score (nSPS) is 14.0. The smallest absolute Gasteiger partial charge is 0.144 e. The quantitative estimate of drug-likeness (QED) is 0.281. The molecule has 0 radical (unpaired) electrons. The maximum Gasteiger partial charge on any atom is 0.144 e. The number of nitrogens with zero attached hydrogens (tertiary/aromatic N) is 1. The minimum Gasteiger partial charge on any atom is -0.455 e. The molecule has 2 heteroatoms. The Morgan fingerprint density at radius 3 is 2.50 bits per heavy atom. The van der Waals surface area contributed by atoms with Gasteiger partial charge in [-0.1, -0.05) is 63.2 Å². The van der Waals surface area contributed by atoms with Crippen LogP contribution in [0.5, 0.6) is 0 Å². The lowest BCUT2D eigenvalue weighted by molar-refractivity contribution is 0.596. The van der Waals surface area contributed by atoms with Crippen molar-refractivity contribution in [2.24, 2.45) is 4.99 Å². The van der Waals surface area contributed by atoms with E-state index in [9.17, 15) is 0 Å². The van der Waals surface area contributed by atoms with E-state index in [1.165, 1.54) is 16.5 Å². The summed E-state index contributed by atoms with van der Waals surface area (Å²) in [5.74, 6) is 0. The average molecular weight is 391 g/mol. The molecule has 1 aromatic heterocycles. The molecule has 0 fully saturated rings. The van der Waals surface area contributed by atoms with Gasteiger partial charge in [-0.2, -0.15) is 0 Å². The first kappa shape index (κ1) is 16.4. The Kier molecular flexibility index (Phi) is 3.19. The van der Waals surface area contributed by atoms with Crippen LogP contribution in [0.1, 0.15) is 44.4 Å². The van der Waals surface area contributed by atoms with Crippen molar-refractivity contribution in [1.29, 1.82) is 0 Å². The van der Waals surface area contributed by atoms with Gasteiger partial charge in [0.25, 0.3) is 0 Å². The van der Waals surface area contributed by atoms with Crippen LogP contribution in [0.4, 0.5) is 5.69 Å². The predicted octanol–water partition coefficient (Wildman–Crippen LogP) is 7.83. The number of fused-ring (bicyclic) bond motifs is 3. The zero-order chi connectivity index (χ0) is 21.5. The Hall–Kier alpha value is -3.39. The number of benzene rings is 4. The van der Waals surface area contributed by atoms with E-state index < -0.39 is 0 Å². The van der Waals surface area contributed by atoms with E-state index >= 15 is 0 Å². The first-order valence-electron chi connectivity index (χ1n) is 10.9. The lowest BCUT2D eigenvalue weighted by Gasteiger charge is -2.21. The Morgan fingerprint density at radius 2 is 1.67 bits per heavy atom.